The molecular weight excluding hydrogens is 1350 g/mol. The van der Waals surface area contributed by atoms with Crippen molar-refractivity contribution in [2.24, 2.45) is 0 Å². The molecule has 17 nitrogen and oxygen atoms in total. The fraction of sp³-hybridized carbons (Fsp3) is 0.718. The van der Waals surface area contributed by atoms with E-state index in [1.165, 1.54) is 51.4 Å². The molecule has 0 amide bonds. The molecule has 5 atom stereocenters. The Bertz CT molecular complexity index is 2440. The topological polar surface area (TPSA) is 237 Å². The molecule has 0 heterocycles. The van der Waals surface area contributed by atoms with Crippen LogP contribution in [0.2, 0.25) is 0 Å². The van der Waals surface area contributed by atoms with Crippen LogP contribution in [0.3, 0.4) is 0 Å². The quantitative estimate of drug-likeness (QED) is 0.0169. The van der Waals surface area contributed by atoms with E-state index in [2.05, 4.69) is 149 Å². The Labute approximate surface area is 632 Å². The first-order chi connectivity index (χ1) is 50.7. The van der Waals surface area contributed by atoms with Crippen molar-refractivity contribution in [1.29, 1.82) is 0 Å². The van der Waals surface area contributed by atoms with Crippen molar-refractivity contribution in [2.45, 2.75) is 354 Å². The standard InChI is InChI=1S/C85H146O17P2/c1-5-9-13-17-21-25-29-32-35-37-39-41-44-46-50-53-57-61-65-69-82(87)95-75-80(101-84(89)71-67-63-59-55-49-28-24-20-16-12-8-4)77-99-103(91,92)97-73-79(86)74-98-104(93,94)100-78-81(102-85(90)72-68-64-60-56-52-48-43-34-31-27-23-19-15-11-7-3)76-96-83(88)70-66-62-58-54-51-47-45-42-40-38-36-33-30-26-22-18-14-10-6-2/h11,15,20-27,32-36,39-43,79-81,86H,5-10,12-14,16-19,28-31,37-38,44-78H2,1-4H3,(H,91,92)(H,93,94)/b15-11-,24-20-,25-21-,26-22-,27-23-,35-32-,36-33-,41-39-,42-40-,43-34-. The van der Waals surface area contributed by atoms with E-state index in [0.717, 1.165) is 205 Å². The summed E-state index contributed by atoms with van der Waals surface area (Å²) in [4.78, 5) is 73.0. The molecule has 3 N–H and O–H groups in total. The van der Waals surface area contributed by atoms with Gasteiger partial charge in [0.05, 0.1) is 26.4 Å². The predicted molar refractivity (Wildman–Crippen MR) is 427 cm³/mol. The summed E-state index contributed by atoms with van der Waals surface area (Å²) in [5.74, 6) is -2.22. The summed E-state index contributed by atoms with van der Waals surface area (Å²) in [5, 5.41) is 10.6. The van der Waals surface area contributed by atoms with E-state index in [4.69, 9.17) is 37.0 Å². The van der Waals surface area contributed by atoms with Gasteiger partial charge in [0, 0.05) is 25.7 Å². The minimum atomic E-state index is -4.99. The Kier molecular flexibility index (Phi) is 73.3. The monoisotopic (exact) mass is 1500 g/mol. The molecule has 0 aromatic heterocycles. The van der Waals surface area contributed by atoms with Gasteiger partial charge in [0.1, 0.15) is 19.3 Å². The molecule has 0 spiro atoms. The van der Waals surface area contributed by atoms with E-state index in [-0.39, 0.29) is 25.7 Å². The van der Waals surface area contributed by atoms with Crippen LogP contribution in [0.5, 0.6) is 0 Å². The Balaban J connectivity index is 5.34. The van der Waals surface area contributed by atoms with Crippen LogP contribution in [-0.2, 0) is 65.4 Å². The van der Waals surface area contributed by atoms with Gasteiger partial charge in [-0.25, -0.2) is 9.13 Å². The molecule has 0 saturated heterocycles. The Morgan fingerprint density at radius 3 is 0.808 bits per heavy atom. The van der Waals surface area contributed by atoms with Crippen LogP contribution in [0.25, 0.3) is 0 Å². The lowest BCUT2D eigenvalue weighted by Crippen LogP contribution is -2.30. The van der Waals surface area contributed by atoms with Crippen LogP contribution in [-0.4, -0.2) is 96.7 Å². The maximum Gasteiger partial charge on any atom is 0.472 e. The zero-order chi connectivity index (χ0) is 76.0. The van der Waals surface area contributed by atoms with Gasteiger partial charge in [0.15, 0.2) is 12.2 Å². The van der Waals surface area contributed by atoms with Crippen molar-refractivity contribution in [3.8, 4) is 0 Å². The number of aliphatic hydroxyl groups is 1. The maximum atomic E-state index is 13.1. The summed E-state index contributed by atoms with van der Waals surface area (Å²) in [6.07, 6.45) is 84.6. The second-order valence-electron chi connectivity index (χ2n) is 27.0. The Morgan fingerprint density at radius 1 is 0.279 bits per heavy atom. The van der Waals surface area contributed by atoms with E-state index < -0.39 is 97.5 Å². The van der Waals surface area contributed by atoms with Crippen molar-refractivity contribution in [3.05, 3.63) is 122 Å². The highest BCUT2D eigenvalue weighted by Gasteiger charge is 2.30. The number of allylic oxidation sites excluding steroid dienone is 20. The number of aliphatic hydroxyl groups excluding tert-OH is 1. The lowest BCUT2D eigenvalue weighted by Gasteiger charge is -2.21. The summed E-state index contributed by atoms with van der Waals surface area (Å²) in [6, 6.07) is 0. The lowest BCUT2D eigenvalue weighted by molar-refractivity contribution is -0.161. The molecule has 5 unspecified atom stereocenters. The van der Waals surface area contributed by atoms with Gasteiger partial charge in [-0.3, -0.25) is 37.3 Å². The number of carbonyl (C=O) groups is 4. The van der Waals surface area contributed by atoms with E-state index in [1.807, 2.05) is 0 Å². The highest BCUT2D eigenvalue weighted by atomic mass is 31.2. The molecule has 0 aromatic rings. The third kappa shape index (κ3) is 75.7. The van der Waals surface area contributed by atoms with Crippen LogP contribution in [0.15, 0.2) is 122 Å². The van der Waals surface area contributed by atoms with Gasteiger partial charge >= 0.3 is 39.5 Å². The Morgan fingerprint density at radius 2 is 0.510 bits per heavy atom. The average Bonchev–Trinajstić information content (AvgIpc) is 0.924. The molecule has 0 fully saturated rings. The normalized spacial score (nSPS) is 14.5. The largest absolute Gasteiger partial charge is 0.472 e. The molecule has 598 valence electrons. The number of carbonyl (C=O) groups excluding carboxylic acids is 4. The van der Waals surface area contributed by atoms with Crippen LogP contribution < -0.4 is 0 Å². The first-order valence-corrected chi connectivity index (χ1v) is 43.8. The SMILES string of the molecule is CC/C=C\C/C=C\C/C=C\CCCCCCCC(=O)OC(COC(=O)CCCCCCCC/C=C\C/C=C\C/C=C\CCCCC)COP(=O)(O)OCC(O)COP(=O)(O)OCC(COC(=O)CCCCCCCC/C=C\C/C=C\C/C=C\CCCCC)OC(=O)CCCCCCC/C=C\CCCC. The van der Waals surface area contributed by atoms with E-state index >= 15 is 0 Å². The summed E-state index contributed by atoms with van der Waals surface area (Å²) in [6.45, 7) is 4.63. The molecule has 0 rings (SSSR count). The van der Waals surface area contributed by atoms with Crippen molar-refractivity contribution >= 4 is 39.5 Å². The fourth-order valence-corrected chi connectivity index (χ4v) is 12.2. The molecule has 0 aliphatic heterocycles. The number of unbranched alkanes of at least 4 members (excludes halogenated alkanes) is 30. The molecule has 0 aliphatic rings. The summed E-state index contributed by atoms with van der Waals surface area (Å²) in [5.41, 5.74) is 0. The summed E-state index contributed by atoms with van der Waals surface area (Å²) < 4.78 is 68.6. The highest BCUT2D eigenvalue weighted by molar-refractivity contribution is 7.47. The van der Waals surface area contributed by atoms with Gasteiger partial charge in [-0.1, -0.05) is 278 Å². The summed E-state index contributed by atoms with van der Waals surface area (Å²) >= 11 is 0. The molecule has 0 aliphatic carbocycles. The fourth-order valence-electron chi connectivity index (χ4n) is 10.6. The van der Waals surface area contributed by atoms with Gasteiger partial charge in [-0.2, -0.15) is 0 Å². The van der Waals surface area contributed by atoms with Crippen LogP contribution >= 0.6 is 15.6 Å². The molecule has 0 radical (unpaired) electrons. The zero-order valence-electron chi connectivity index (χ0n) is 65.4. The third-order valence-corrected chi connectivity index (χ3v) is 18.8. The molecular formula is C85H146O17P2. The smallest absolute Gasteiger partial charge is 0.462 e. The average molecular weight is 1500 g/mol. The van der Waals surface area contributed by atoms with Crippen molar-refractivity contribution in [3.63, 3.8) is 0 Å². The molecule has 0 saturated carbocycles. The number of esters is 4. The van der Waals surface area contributed by atoms with Crippen LogP contribution in [0, 0.1) is 0 Å². The van der Waals surface area contributed by atoms with Crippen LogP contribution in [0.4, 0.5) is 0 Å². The summed E-state index contributed by atoms with van der Waals surface area (Å²) in [7, 11) is -9.97. The van der Waals surface area contributed by atoms with E-state index in [1.54, 1.807) is 0 Å². The minimum absolute atomic E-state index is 0.0703. The van der Waals surface area contributed by atoms with Crippen molar-refractivity contribution in [1.82, 2.24) is 0 Å². The number of hydrogen-bond donors (Lipinski definition) is 3. The van der Waals surface area contributed by atoms with Crippen LogP contribution in [0.1, 0.15) is 336 Å². The van der Waals surface area contributed by atoms with Gasteiger partial charge in [-0.05, 0) is 154 Å². The number of phosphoric acid groups is 2. The van der Waals surface area contributed by atoms with E-state index in [9.17, 15) is 43.2 Å². The molecule has 19 heteroatoms. The highest BCUT2D eigenvalue weighted by Crippen LogP contribution is 2.45. The predicted octanol–water partition coefficient (Wildman–Crippen LogP) is 23.9. The van der Waals surface area contributed by atoms with Crippen molar-refractivity contribution in [2.75, 3.05) is 39.6 Å². The lowest BCUT2D eigenvalue weighted by atomic mass is 10.1. The van der Waals surface area contributed by atoms with Gasteiger partial charge in [0.2, 0.25) is 0 Å². The first-order valence-electron chi connectivity index (χ1n) is 40.8. The van der Waals surface area contributed by atoms with Gasteiger partial charge in [0.25, 0.3) is 0 Å². The second kappa shape index (κ2) is 76.6. The minimum Gasteiger partial charge on any atom is -0.462 e. The number of ether oxygens (including phenoxy) is 4. The second-order valence-corrected chi connectivity index (χ2v) is 29.9. The van der Waals surface area contributed by atoms with Crippen molar-refractivity contribution < 1.29 is 80.2 Å². The van der Waals surface area contributed by atoms with E-state index in [0.29, 0.717) is 25.7 Å². The third-order valence-electron chi connectivity index (χ3n) is 16.9. The number of phosphoric ester groups is 2. The molecule has 104 heavy (non-hydrogen) atoms. The first kappa shape index (κ1) is 99.5. The molecule has 0 bridgehead atoms. The van der Waals surface area contributed by atoms with Gasteiger partial charge < -0.3 is 33.8 Å². The maximum absolute atomic E-state index is 13.1. The van der Waals surface area contributed by atoms with Gasteiger partial charge in [-0.15, -0.1) is 0 Å². The molecule has 0 aromatic carbocycles. The Hall–Kier alpha value is -4.54. The number of hydrogen-bond acceptors (Lipinski definition) is 15. The number of rotatable bonds is 76. The zero-order valence-corrected chi connectivity index (χ0v) is 67.2.